The molecule has 1 heterocycles. The highest BCUT2D eigenvalue weighted by molar-refractivity contribution is 5.67. The number of methoxy groups -OCH3 is 1. The fourth-order valence-corrected chi connectivity index (χ4v) is 3.07. The zero-order valence-electron chi connectivity index (χ0n) is 14.4. The first kappa shape index (κ1) is 17.3. The molecule has 1 aliphatic rings. The van der Waals surface area contributed by atoms with E-state index in [0.717, 1.165) is 16.9 Å². The number of rotatable bonds is 4. The first-order chi connectivity index (χ1) is 12.1. The number of hydrogen-bond donors (Lipinski definition) is 1. The second-order valence-corrected chi connectivity index (χ2v) is 6.29. The highest BCUT2D eigenvalue weighted by atomic mass is 16.6. The number of hydrogen-bond acceptors (Lipinski definition) is 4. The number of ether oxygens (including phenoxy) is 2. The molecule has 2 aromatic carbocycles. The third-order valence-corrected chi connectivity index (χ3v) is 4.66. The number of nitrogens with zero attached hydrogens (tertiary/aromatic N) is 1. The monoisotopic (exact) mass is 341 g/mol. The highest BCUT2D eigenvalue weighted by Crippen LogP contribution is 2.34. The molecule has 132 valence electrons. The lowest BCUT2D eigenvalue weighted by Crippen LogP contribution is -2.45. The van der Waals surface area contributed by atoms with Crippen LogP contribution in [0.5, 0.6) is 5.75 Å². The fraction of sp³-hybridized carbons (Fsp3) is 0.350. The van der Waals surface area contributed by atoms with Gasteiger partial charge < -0.3 is 19.5 Å². The van der Waals surface area contributed by atoms with E-state index in [-0.39, 0.29) is 12.7 Å². The van der Waals surface area contributed by atoms with Gasteiger partial charge in [0.2, 0.25) is 0 Å². The van der Waals surface area contributed by atoms with Gasteiger partial charge in [-0.3, -0.25) is 0 Å². The molecule has 0 atom stereocenters. The van der Waals surface area contributed by atoms with Gasteiger partial charge >= 0.3 is 6.09 Å². The minimum Gasteiger partial charge on any atom is -0.497 e. The molecule has 3 rings (SSSR count). The van der Waals surface area contributed by atoms with Crippen molar-refractivity contribution in [1.29, 1.82) is 0 Å². The number of aliphatic hydroxyl groups is 1. The van der Waals surface area contributed by atoms with Crippen LogP contribution in [0.15, 0.2) is 54.6 Å². The smallest absolute Gasteiger partial charge is 0.410 e. The van der Waals surface area contributed by atoms with Crippen LogP contribution < -0.4 is 4.74 Å². The Hall–Kier alpha value is -2.53. The van der Waals surface area contributed by atoms with Crippen LogP contribution >= 0.6 is 0 Å². The molecule has 0 saturated carbocycles. The molecule has 1 amide bonds. The van der Waals surface area contributed by atoms with Crippen LogP contribution in [0.25, 0.3) is 0 Å². The Morgan fingerprint density at radius 2 is 1.84 bits per heavy atom. The molecular weight excluding hydrogens is 318 g/mol. The molecular formula is C20H23NO4. The molecule has 1 N–H and O–H groups in total. The summed E-state index contributed by atoms with van der Waals surface area (Å²) < 4.78 is 10.6. The molecule has 0 unspecified atom stereocenters. The molecule has 1 saturated heterocycles. The SMILES string of the molecule is COc1cccc(C2(O)CCN(C(=O)OCc3ccccc3)CC2)c1. The van der Waals surface area contributed by atoms with Crippen molar-refractivity contribution in [3.05, 3.63) is 65.7 Å². The number of carbonyl (C=O) groups is 1. The fourth-order valence-electron chi connectivity index (χ4n) is 3.07. The standard InChI is InChI=1S/C20H23NO4/c1-24-18-9-5-8-17(14-18)20(23)10-12-21(13-11-20)19(22)25-15-16-6-3-2-4-7-16/h2-9,14,23H,10-13,15H2,1H3. The summed E-state index contributed by atoms with van der Waals surface area (Å²) in [5.74, 6) is 0.718. The maximum atomic E-state index is 12.2. The lowest BCUT2D eigenvalue weighted by atomic mass is 9.84. The van der Waals surface area contributed by atoms with Crippen molar-refractivity contribution < 1.29 is 19.4 Å². The average Bonchev–Trinajstić information content (AvgIpc) is 2.67. The van der Waals surface area contributed by atoms with Crippen molar-refractivity contribution in [3.8, 4) is 5.75 Å². The maximum Gasteiger partial charge on any atom is 0.410 e. The second kappa shape index (κ2) is 7.57. The summed E-state index contributed by atoms with van der Waals surface area (Å²) in [5.41, 5.74) is 0.843. The predicted octanol–water partition coefficient (Wildman–Crippen LogP) is 3.32. The maximum absolute atomic E-state index is 12.2. The molecule has 2 aromatic rings. The van der Waals surface area contributed by atoms with Gasteiger partial charge in [0.25, 0.3) is 0 Å². The Morgan fingerprint density at radius 3 is 2.52 bits per heavy atom. The van der Waals surface area contributed by atoms with Crippen LogP contribution in [0, 0.1) is 0 Å². The minimum absolute atomic E-state index is 0.260. The summed E-state index contributed by atoms with van der Waals surface area (Å²) in [6.07, 6.45) is 0.609. The molecule has 0 spiro atoms. The van der Waals surface area contributed by atoms with Crippen molar-refractivity contribution >= 4 is 6.09 Å². The van der Waals surface area contributed by atoms with Crippen molar-refractivity contribution in [3.63, 3.8) is 0 Å². The van der Waals surface area contributed by atoms with Gasteiger partial charge in [-0.1, -0.05) is 42.5 Å². The van der Waals surface area contributed by atoms with E-state index in [2.05, 4.69) is 0 Å². The molecule has 1 aliphatic heterocycles. The van der Waals surface area contributed by atoms with Gasteiger partial charge in [-0.15, -0.1) is 0 Å². The topological polar surface area (TPSA) is 59.0 Å². The quantitative estimate of drug-likeness (QED) is 0.927. The lowest BCUT2D eigenvalue weighted by Gasteiger charge is -2.38. The van der Waals surface area contributed by atoms with Crippen molar-refractivity contribution in [2.45, 2.75) is 25.0 Å². The van der Waals surface area contributed by atoms with Crippen LogP contribution in [-0.2, 0) is 16.9 Å². The minimum atomic E-state index is -0.940. The van der Waals surface area contributed by atoms with Crippen LogP contribution in [0.3, 0.4) is 0 Å². The van der Waals surface area contributed by atoms with Gasteiger partial charge in [-0.25, -0.2) is 4.79 Å². The Balaban J connectivity index is 1.56. The van der Waals surface area contributed by atoms with Crippen LogP contribution in [0.4, 0.5) is 4.79 Å². The molecule has 0 aliphatic carbocycles. The van der Waals surface area contributed by atoms with Gasteiger partial charge in [-0.05, 0) is 36.1 Å². The van der Waals surface area contributed by atoms with E-state index in [1.165, 1.54) is 0 Å². The largest absolute Gasteiger partial charge is 0.497 e. The van der Waals surface area contributed by atoms with Gasteiger partial charge in [0.05, 0.1) is 12.7 Å². The third kappa shape index (κ3) is 4.12. The highest BCUT2D eigenvalue weighted by Gasteiger charge is 2.36. The second-order valence-electron chi connectivity index (χ2n) is 6.29. The Kier molecular flexibility index (Phi) is 5.24. The first-order valence-electron chi connectivity index (χ1n) is 8.43. The molecule has 25 heavy (non-hydrogen) atoms. The van der Waals surface area contributed by atoms with Gasteiger partial charge in [0, 0.05) is 13.1 Å². The summed E-state index contributed by atoms with van der Waals surface area (Å²) >= 11 is 0. The van der Waals surface area contributed by atoms with Gasteiger partial charge in [0.1, 0.15) is 12.4 Å². The van der Waals surface area contributed by atoms with E-state index in [1.54, 1.807) is 12.0 Å². The number of carbonyl (C=O) groups excluding carboxylic acids is 1. The van der Waals surface area contributed by atoms with Gasteiger partial charge in [-0.2, -0.15) is 0 Å². The van der Waals surface area contributed by atoms with E-state index >= 15 is 0 Å². The number of benzene rings is 2. The van der Waals surface area contributed by atoms with E-state index < -0.39 is 5.60 Å². The summed E-state index contributed by atoms with van der Waals surface area (Å²) in [7, 11) is 1.61. The van der Waals surface area contributed by atoms with Crippen molar-refractivity contribution in [2.75, 3.05) is 20.2 Å². The van der Waals surface area contributed by atoms with Crippen LogP contribution in [0.1, 0.15) is 24.0 Å². The number of amides is 1. The van der Waals surface area contributed by atoms with Crippen molar-refractivity contribution in [1.82, 2.24) is 4.90 Å². The Morgan fingerprint density at radius 1 is 1.12 bits per heavy atom. The van der Waals surface area contributed by atoms with E-state index in [1.807, 2.05) is 54.6 Å². The summed E-state index contributed by atoms with van der Waals surface area (Å²) in [6.45, 7) is 1.18. The predicted molar refractivity (Wildman–Crippen MR) is 94.3 cm³/mol. The van der Waals surface area contributed by atoms with Gasteiger partial charge in [0.15, 0.2) is 0 Å². The van der Waals surface area contributed by atoms with E-state index in [0.29, 0.717) is 25.9 Å². The third-order valence-electron chi connectivity index (χ3n) is 4.66. The van der Waals surface area contributed by atoms with E-state index in [9.17, 15) is 9.90 Å². The summed E-state index contributed by atoms with van der Waals surface area (Å²) in [5, 5.41) is 10.9. The summed E-state index contributed by atoms with van der Waals surface area (Å²) in [4.78, 5) is 13.9. The molecule has 5 heteroatoms. The number of piperidine rings is 1. The lowest BCUT2D eigenvalue weighted by molar-refractivity contribution is -0.0256. The zero-order valence-corrected chi connectivity index (χ0v) is 14.4. The van der Waals surface area contributed by atoms with Crippen LogP contribution in [-0.4, -0.2) is 36.3 Å². The Bertz CT molecular complexity index is 709. The zero-order chi connectivity index (χ0) is 17.7. The van der Waals surface area contributed by atoms with Crippen LogP contribution in [0.2, 0.25) is 0 Å². The summed E-state index contributed by atoms with van der Waals surface area (Å²) in [6, 6.07) is 17.1. The Labute approximate surface area is 147 Å². The van der Waals surface area contributed by atoms with Crippen molar-refractivity contribution in [2.24, 2.45) is 0 Å². The molecule has 1 fully saturated rings. The average molecular weight is 341 g/mol. The molecule has 0 aromatic heterocycles. The molecule has 0 bridgehead atoms. The van der Waals surface area contributed by atoms with E-state index in [4.69, 9.17) is 9.47 Å². The molecule has 5 nitrogen and oxygen atoms in total. The first-order valence-corrected chi connectivity index (χ1v) is 8.43. The molecule has 0 radical (unpaired) electrons. The normalized spacial score (nSPS) is 16.3. The number of likely N-dealkylation sites (tertiary alicyclic amines) is 1.